The molecule has 1 amide bonds. The molecule has 0 aliphatic rings. The van der Waals surface area contributed by atoms with Crippen LogP contribution in [0.15, 0.2) is 47.4 Å². The number of hydrogen-bond donors (Lipinski definition) is 1. The van der Waals surface area contributed by atoms with Crippen molar-refractivity contribution in [3.05, 3.63) is 59.2 Å². The Morgan fingerprint density at radius 3 is 2.48 bits per heavy atom. The molecule has 2 aromatic rings. The van der Waals surface area contributed by atoms with Crippen molar-refractivity contribution in [2.45, 2.75) is 18.7 Å². The summed E-state index contributed by atoms with van der Waals surface area (Å²) in [4.78, 5) is 11.2. The molecule has 0 unspecified atom stereocenters. The summed E-state index contributed by atoms with van der Waals surface area (Å²) in [6, 6.07) is 10.8. The minimum atomic E-state index is -3.96. The van der Waals surface area contributed by atoms with Gasteiger partial charge in [-0.3, -0.25) is 4.79 Å². The van der Waals surface area contributed by atoms with Gasteiger partial charge in [-0.2, -0.15) is 8.42 Å². The van der Waals surface area contributed by atoms with Crippen LogP contribution in [0.2, 0.25) is 0 Å². The third kappa shape index (κ3) is 3.41. The first-order valence-corrected chi connectivity index (χ1v) is 7.62. The molecule has 0 aliphatic carbocycles. The number of rotatable bonds is 4. The van der Waals surface area contributed by atoms with Crippen molar-refractivity contribution in [1.82, 2.24) is 0 Å². The smallest absolute Gasteiger partial charge is 0.339 e. The van der Waals surface area contributed by atoms with E-state index in [2.05, 4.69) is 0 Å². The normalized spacial score (nSPS) is 11.1. The van der Waals surface area contributed by atoms with Gasteiger partial charge in [0, 0.05) is 5.56 Å². The molecule has 0 saturated carbocycles. The second-order valence-corrected chi connectivity index (χ2v) is 6.21. The van der Waals surface area contributed by atoms with Gasteiger partial charge < -0.3 is 9.92 Å². The van der Waals surface area contributed by atoms with E-state index in [1.807, 2.05) is 6.07 Å². The third-order valence-corrected chi connectivity index (χ3v) is 4.33. The Labute approximate surface area is 123 Å². The molecule has 0 aromatic heterocycles. The van der Waals surface area contributed by atoms with Crippen molar-refractivity contribution in [2.24, 2.45) is 5.73 Å². The first-order chi connectivity index (χ1) is 9.79. The van der Waals surface area contributed by atoms with Gasteiger partial charge >= 0.3 is 10.1 Å². The van der Waals surface area contributed by atoms with Crippen LogP contribution in [-0.4, -0.2) is 14.3 Å². The van der Waals surface area contributed by atoms with E-state index in [1.165, 1.54) is 24.3 Å². The van der Waals surface area contributed by atoms with Crippen molar-refractivity contribution in [3.63, 3.8) is 0 Å². The summed E-state index contributed by atoms with van der Waals surface area (Å²) >= 11 is 0. The minimum Gasteiger partial charge on any atom is -0.379 e. The van der Waals surface area contributed by atoms with Crippen LogP contribution in [0, 0.1) is 13.8 Å². The lowest BCUT2D eigenvalue weighted by Crippen LogP contribution is -2.13. The van der Waals surface area contributed by atoms with Crippen LogP contribution in [-0.2, 0) is 10.1 Å². The van der Waals surface area contributed by atoms with E-state index < -0.39 is 16.0 Å². The van der Waals surface area contributed by atoms with Gasteiger partial charge in [0.15, 0.2) is 0 Å². The van der Waals surface area contributed by atoms with Gasteiger partial charge in [0.2, 0.25) is 5.91 Å². The summed E-state index contributed by atoms with van der Waals surface area (Å²) in [5.41, 5.74) is 6.74. The number of primary amides is 1. The van der Waals surface area contributed by atoms with Crippen molar-refractivity contribution < 1.29 is 17.4 Å². The molecule has 2 rings (SSSR count). The van der Waals surface area contributed by atoms with E-state index in [4.69, 9.17) is 9.92 Å². The Hall–Kier alpha value is -2.34. The predicted octanol–water partition coefficient (Wildman–Crippen LogP) is 2.17. The van der Waals surface area contributed by atoms with Crippen LogP contribution in [0.4, 0.5) is 0 Å². The van der Waals surface area contributed by atoms with E-state index >= 15 is 0 Å². The average Bonchev–Trinajstić information content (AvgIpc) is 2.41. The van der Waals surface area contributed by atoms with Gasteiger partial charge in [-0.1, -0.05) is 18.2 Å². The second-order valence-electron chi connectivity index (χ2n) is 4.70. The fourth-order valence-corrected chi connectivity index (χ4v) is 3.09. The zero-order valence-electron chi connectivity index (χ0n) is 11.7. The topological polar surface area (TPSA) is 86.5 Å². The molecule has 21 heavy (non-hydrogen) atoms. The largest absolute Gasteiger partial charge is 0.379 e. The van der Waals surface area contributed by atoms with Crippen molar-refractivity contribution in [1.29, 1.82) is 0 Å². The lowest BCUT2D eigenvalue weighted by Gasteiger charge is -2.10. The SMILES string of the molecule is Cc1ccc(C)c(S(=O)(=O)Oc2cccc(C(N)=O)c2)c1. The Morgan fingerprint density at radius 1 is 1.10 bits per heavy atom. The molecule has 0 radical (unpaired) electrons. The summed E-state index contributed by atoms with van der Waals surface area (Å²) in [7, 11) is -3.96. The van der Waals surface area contributed by atoms with Gasteiger partial charge in [-0.15, -0.1) is 0 Å². The second kappa shape index (κ2) is 5.57. The summed E-state index contributed by atoms with van der Waals surface area (Å²) in [6.07, 6.45) is 0. The highest BCUT2D eigenvalue weighted by atomic mass is 32.2. The maximum absolute atomic E-state index is 12.3. The molecule has 0 heterocycles. The maximum Gasteiger partial charge on any atom is 0.339 e. The Kier molecular flexibility index (Phi) is 3.99. The van der Waals surface area contributed by atoms with E-state index in [9.17, 15) is 13.2 Å². The quantitative estimate of drug-likeness (QED) is 0.877. The molecule has 110 valence electrons. The maximum atomic E-state index is 12.3. The highest BCUT2D eigenvalue weighted by molar-refractivity contribution is 7.87. The number of amides is 1. The fourth-order valence-electron chi connectivity index (χ4n) is 1.85. The first kappa shape index (κ1) is 15.1. The minimum absolute atomic E-state index is 0.0483. The van der Waals surface area contributed by atoms with Crippen molar-refractivity contribution >= 4 is 16.0 Å². The lowest BCUT2D eigenvalue weighted by molar-refractivity contribution is 0.1000. The predicted molar refractivity (Wildman–Crippen MR) is 78.7 cm³/mol. The first-order valence-electron chi connectivity index (χ1n) is 6.21. The number of carbonyl (C=O) groups excluding carboxylic acids is 1. The Bertz CT molecular complexity index is 797. The lowest BCUT2D eigenvalue weighted by atomic mass is 10.2. The summed E-state index contributed by atoms with van der Waals surface area (Å²) in [6.45, 7) is 3.49. The summed E-state index contributed by atoms with van der Waals surface area (Å²) in [5, 5.41) is 0. The Balaban J connectivity index is 2.40. The molecule has 0 atom stereocenters. The van der Waals surface area contributed by atoms with Crippen molar-refractivity contribution in [2.75, 3.05) is 0 Å². The summed E-state index contributed by atoms with van der Waals surface area (Å²) in [5.74, 6) is -0.600. The van der Waals surface area contributed by atoms with E-state index in [1.54, 1.807) is 26.0 Å². The van der Waals surface area contributed by atoms with Gasteiger partial charge in [-0.05, 0) is 49.2 Å². The zero-order valence-corrected chi connectivity index (χ0v) is 12.5. The molecule has 0 aliphatic heterocycles. The Morgan fingerprint density at radius 2 is 1.81 bits per heavy atom. The number of nitrogens with two attached hydrogens (primary N) is 1. The highest BCUT2D eigenvalue weighted by Crippen LogP contribution is 2.23. The van der Waals surface area contributed by atoms with E-state index in [0.717, 1.165) is 5.56 Å². The fraction of sp³-hybridized carbons (Fsp3) is 0.133. The van der Waals surface area contributed by atoms with Gasteiger partial charge in [0.1, 0.15) is 10.6 Å². The van der Waals surface area contributed by atoms with Crippen LogP contribution >= 0.6 is 0 Å². The molecule has 2 aromatic carbocycles. The molecule has 5 nitrogen and oxygen atoms in total. The molecule has 2 N–H and O–H groups in total. The van der Waals surface area contributed by atoms with Crippen LogP contribution in [0.1, 0.15) is 21.5 Å². The number of hydrogen-bond acceptors (Lipinski definition) is 4. The molecule has 0 fully saturated rings. The molecule has 0 bridgehead atoms. The molecular weight excluding hydrogens is 290 g/mol. The van der Waals surface area contributed by atoms with Crippen LogP contribution < -0.4 is 9.92 Å². The molecule has 6 heteroatoms. The molecule has 0 saturated heterocycles. The van der Waals surface area contributed by atoms with E-state index in [-0.39, 0.29) is 16.2 Å². The molecule has 0 spiro atoms. The van der Waals surface area contributed by atoms with Crippen LogP contribution in [0.5, 0.6) is 5.75 Å². The highest BCUT2D eigenvalue weighted by Gasteiger charge is 2.19. The van der Waals surface area contributed by atoms with Gasteiger partial charge in [0.25, 0.3) is 0 Å². The standard InChI is InChI=1S/C15H15NO4S/c1-10-6-7-11(2)14(8-10)21(18,19)20-13-5-3-4-12(9-13)15(16)17/h3-9H,1-2H3,(H2,16,17). The zero-order chi connectivity index (χ0) is 15.6. The number of benzene rings is 2. The average molecular weight is 305 g/mol. The van der Waals surface area contributed by atoms with Gasteiger partial charge in [-0.25, -0.2) is 0 Å². The monoisotopic (exact) mass is 305 g/mol. The summed E-state index contributed by atoms with van der Waals surface area (Å²) < 4.78 is 29.7. The third-order valence-electron chi connectivity index (χ3n) is 2.94. The van der Waals surface area contributed by atoms with Gasteiger partial charge in [0.05, 0.1) is 0 Å². The van der Waals surface area contributed by atoms with Crippen molar-refractivity contribution in [3.8, 4) is 5.75 Å². The number of aryl methyl sites for hydroxylation is 2. The van der Waals surface area contributed by atoms with Crippen LogP contribution in [0.3, 0.4) is 0 Å². The number of carbonyl (C=O) groups is 1. The van der Waals surface area contributed by atoms with E-state index in [0.29, 0.717) is 5.56 Å². The molecular formula is C15H15NO4S. The van der Waals surface area contributed by atoms with Crippen LogP contribution in [0.25, 0.3) is 0 Å².